The molecular formula is C22H36N2O4. The summed E-state index contributed by atoms with van der Waals surface area (Å²) < 4.78 is 0. The van der Waals surface area contributed by atoms with Gasteiger partial charge < -0.3 is 15.7 Å². The maximum absolute atomic E-state index is 11.9. The molecule has 2 unspecified atom stereocenters. The first-order chi connectivity index (χ1) is 13.5. The Morgan fingerprint density at radius 3 is 2.46 bits per heavy atom. The van der Waals surface area contributed by atoms with Crippen LogP contribution in [0.15, 0.2) is 12.2 Å². The number of allylic oxidation sites excluding steroid dienone is 2. The number of hydrogen-bond donors (Lipinski definition) is 3. The first-order valence-corrected chi connectivity index (χ1v) is 10.9. The Morgan fingerprint density at radius 1 is 0.929 bits per heavy atom. The Labute approximate surface area is 168 Å². The Bertz CT molecular complexity index is 541. The third-order valence-corrected chi connectivity index (χ3v) is 5.95. The van der Waals surface area contributed by atoms with Crippen molar-refractivity contribution in [1.29, 1.82) is 0 Å². The van der Waals surface area contributed by atoms with Crippen molar-refractivity contribution in [2.24, 2.45) is 17.8 Å². The monoisotopic (exact) mass is 392 g/mol. The van der Waals surface area contributed by atoms with E-state index in [4.69, 9.17) is 5.11 Å². The minimum Gasteiger partial charge on any atom is -0.481 e. The van der Waals surface area contributed by atoms with Crippen LogP contribution in [0.1, 0.15) is 77.0 Å². The van der Waals surface area contributed by atoms with Crippen LogP contribution < -0.4 is 10.6 Å². The maximum Gasteiger partial charge on any atom is 0.303 e. The molecule has 2 aliphatic rings. The summed E-state index contributed by atoms with van der Waals surface area (Å²) >= 11 is 0. The summed E-state index contributed by atoms with van der Waals surface area (Å²) in [5.74, 6) is 0.955. The van der Waals surface area contributed by atoms with Crippen molar-refractivity contribution in [1.82, 2.24) is 10.6 Å². The standard InChI is InChI=1S/C22H36N2O4/c25-20(12-7-10-17-8-3-1-4-9-17)24-16-21(26)23-15-19-14-18(19)11-5-2-6-13-22(27)28/h2,5,17-19H,1,3-4,6-16H2,(H,23,26)(H,24,25)(H,27,28)/b5-2-. The van der Waals surface area contributed by atoms with E-state index in [1.165, 1.54) is 32.1 Å². The van der Waals surface area contributed by atoms with Crippen LogP contribution in [0.3, 0.4) is 0 Å². The molecule has 0 bridgehead atoms. The zero-order chi connectivity index (χ0) is 20.2. The van der Waals surface area contributed by atoms with Gasteiger partial charge in [-0.1, -0.05) is 44.3 Å². The number of rotatable bonds is 13. The van der Waals surface area contributed by atoms with Gasteiger partial charge in [0, 0.05) is 19.4 Å². The lowest BCUT2D eigenvalue weighted by Crippen LogP contribution is -2.37. The number of carbonyl (C=O) groups excluding carboxylic acids is 2. The highest BCUT2D eigenvalue weighted by Crippen LogP contribution is 2.40. The SMILES string of the molecule is O=C(O)CC/C=C\CC1CC1CNC(=O)CNC(=O)CCCC1CCCCC1. The van der Waals surface area contributed by atoms with Crippen molar-refractivity contribution >= 4 is 17.8 Å². The topological polar surface area (TPSA) is 95.5 Å². The number of aliphatic carboxylic acids is 1. The number of carboxylic acid groups (broad SMARTS) is 1. The number of hydrogen-bond acceptors (Lipinski definition) is 3. The molecule has 2 saturated carbocycles. The lowest BCUT2D eigenvalue weighted by Gasteiger charge is -2.21. The van der Waals surface area contributed by atoms with Crippen LogP contribution in [0.5, 0.6) is 0 Å². The van der Waals surface area contributed by atoms with Crippen LogP contribution in [0.4, 0.5) is 0 Å². The van der Waals surface area contributed by atoms with Gasteiger partial charge in [-0.3, -0.25) is 14.4 Å². The van der Waals surface area contributed by atoms with Crippen LogP contribution in [0.2, 0.25) is 0 Å². The Kier molecular flexibility index (Phi) is 10.1. The fourth-order valence-corrected chi connectivity index (χ4v) is 4.05. The summed E-state index contributed by atoms with van der Waals surface area (Å²) in [6, 6.07) is 0. The van der Waals surface area contributed by atoms with Gasteiger partial charge in [0.05, 0.1) is 6.54 Å². The molecule has 0 aliphatic heterocycles. The zero-order valence-corrected chi connectivity index (χ0v) is 17.0. The fraction of sp³-hybridized carbons (Fsp3) is 0.773. The highest BCUT2D eigenvalue weighted by Gasteiger charge is 2.35. The second-order valence-electron chi connectivity index (χ2n) is 8.37. The summed E-state index contributed by atoms with van der Waals surface area (Å²) in [5, 5.41) is 14.2. The summed E-state index contributed by atoms with van der Waals surface area (Å²) in [6.07, 6.45) is 16.0. The van der Waals surface area contributed by atoms with Crippen molar-refractivity contribution in [3.63, 3.8) is 0 Å². The van der Waals surface area contributed by atoms with Crippen molar-refractivity contribution in [2.75, 3.05) is 13.1 Å². The molecule has 0 radical (unpaired) electrons. The van der Waals surface area contributed by atoms with Crippen LogP contribution in [0.25, 0.3) is 0 Å². The summed E-state index contributed by atoms with van der Waals surface area (Å²) in [5.41, 5.74) is 0. The van der Waals surface area contributed by atoms with Crippen LogP contribution >= 0.6 is 0 Å². The molecule has 0 aromatic heterocycles. The van der Waals surface area contributed by atoms with Gasteiger partial charge in [-0.05, 0) is 49.9 Å². The molecule has 28 heavy (non-hydrogen) atoms. The van der Waals surface area contributed by atoms with Crippen molar-refractivity contribution in [3.05, 3.63) is 12.2 Å². The van der Waals surface area contributed by atoms with E-state index in [9.17, 15) is 14.4 Å². The van der Waals surface area contributed by atoms with Crippen LogP contribution in [-0.2, 0) is 14.4 Å². The van der Waals surface area contributed by atoms with Gasteiger partial charge in [0.15, 0.2) is 0 Å². The second kappa shape index (κ2) is 12.6. The molecule has 2 atom stereocenters. The van der Waals surface area contributed by atoms with E-state index in [0.717, 1.165) is 31.6 Å². The van der Waals surface area contributed by atoms with Gasteiger partial charge in [0.1, 0.15) is 0 Å². The Balaban J connectivity index is 1.43. The normalized spacial score (nSPS) is 22.1. The smallest absolute Gasteiger partial charge is 0.303 e. The summed E-state index contributed by atoms with van der Waals surface area (Å²) in [6.45, 7) is 0.721. The largest absolute Gasteiger partial charge is 0.481 e. The quantitative estimate of drug-likeness (QED) is 0.419. The first-order valence-electron chi connectivity index (χ1n) is 10.9. The Morgan fingerprint density at radius 2 is 1.71 bits per heavy atom. The molecule has 2 amide bonds. The number of carboxylic acids is 1. The van der Waals surface area contributed by atoms with Gasteiger partial charge in [0.2, 0.25) is 11.8 Å². The minimum absolute atomic E-state index is 0.0262. The predicted octanol–water partition coefficient (Wildman–Crippen LogP) is 3.42. The molecule has 2 fully saturated rings. The third kappa shape index (κ3) is 9.90. The molecule has 0 saturated heterocycles. The van der Waals surface area contributed by atoms with Gasteiger partial charge in [-0.15, -0.1) is 0 Å². The number of carbonyl (C=O) groups is 3. The lowest BCUT2D eigenvalue weighted by atomic mass is 9.86. The van der Waals surface area contributed by atoms with E-state index < -0.39 is 5.97 Å². The van der Waals surface area contributed by atoms with E-state index in [2.05, 4.69) is 10.6 Å². The van der Waals surface area contributed by atoms with Crippen molar-refractivity contribution in [3.8, 4) is 0 Å². The van der Waals surface area contributed by atoms with Crippen molar-refractivity contribution < 1.29 is 19.5 Å². The summed E-state index contributed by atoms with van der Waals surface area (Å²) in [7, 11) is 0. The first kappa shape index (κ1) is 22.4. The fourth-order valence-electron chi connectivity index (χ4n) is 4.05. The molecule has 0 heterocycles. The lowest BCUT2D eigenvalue weighted by molar-refractivity contribution is -0.136. The zero-order valence-electron chi connectivity index (χ0n) is 17.0. The van der Waals surface area contributed by atoms with E-state index in [-0.39, 0.29) is 24.8 Å². The summed E-state index contributed by atoms with van der Waals surface area (Å²) in [4.78, 5) is 34.2. The highest BCUT2D eigenvalue weighted by atomic mass is 16.4. The second-order valence-corrected chi connectivity index (χ2v) is 8.37. The maximum atomic E-state index is 11.9. The van der Waals surface area contributed by atoms with E-state index in [1.54, 1.807) is 0 Å². The predicted molar refractivity (Wildman–Crippen MR) is 109 cm³/mol. The van der Waals surface area contributed by atoms with Gasteiger partial charge in [0.25, 0.3) is 0 Å². The van der Waals surface area contributed by atoms with E-state index in [0.29, 0.717) is 31.2 Å². The molecule has 3 N–H and O–H groups in total. The highest BCUT2D eigenvalue weighted by molar-refractivity contribution is 5.84. The van der Waals surface area contributed by atoms with Gasteiger partial charge in [-0.25, -0.2) is 0 Å². The average Bonchev–Trinajstić information content (AvgIpc) is 3.43. The number of amides is 2. The van der Waals surface area contributed by atoms with Crippen LogP contribution in [0, 0.1) is 17.8 Å². The van der Waals surface area contributed by atoms with E-state index >= 15 is 0 Å². The van der Waals surface area contributed by atoms with E-state index in [1.807, 2.05) is 12.2 Å². The molecule has 2 rings (SSSR count). The molecule has 0 aromatic rings. The van der Waals surface area contributed by atoms with Gasteiger partial charge in [-0.2, -0.15) is 0 Å². The third-order valence-electron chi connectivity index (χ3n) is 5.95. The molecule has 2 aliphatic carbocycles. The van der Waals surface area contributed by atoms with Crippen LogP contribution in [-0.4, -0.2) is 36.0 Å². The Hall–Kier alpha value is -1.85. The molecule has 0 aromatic carbocycles. The number of nitrogens with one attached hydrogen (secondary N) is 2. The molecule has 6 heteroatoms. The van der Waals surface area contributed by atoms with Gasteiger partial charge >= 0.3 is 5.97 Å². The molecule has 158 valence electrons. The van der Waals surface area contributed by atoms with Crippen molar-refractivity contribution in [2.45, 2.75) is 77.0 Å². The average molecular weight is 393 g/mol. The minimum atomic E-state index is -0.770. The molecule has 6 nitrogen and oxygen atoms in total. The molecular weight excluding hydrogens is 356 g/mol. The molecule has 0 spiro atoms.